The number of hydrogen-bond donors (Lipinski definition) is 1. The second-order valence-electron chi connectivity index (χ2n) is 3.63. The summed E-state index contributed by atoms with van der Waals surface area (Å²) in [5.74, 6) is 0.692. The zero-order chi connectivity index (χ0) is 12.1. The van der Waals surface area contributed by atoms with Crippen molar-refractivity contribution >= 4 is 28.8 Å². The minimum atomic E-state index is 0.553. The van der Waals surface area contributed by atoms with Crippen LogP contribution in [0.25, 0.3) is 0 Å². The van der Waals surface area contributed by atoms with E-state index in [0.29, 0.717) is 10.8 Å². The Kier molecular flexibility index (Phi) is 4.28. The average molecular weight is 269 g/mol. The van der Waals surface area contributed by atoms with Crippen molar-refractivity contribution in [1.29, 1.82) is 0 Å². The van der Waals surface area contributed by atoms with Crippen molar-refractivity contribution in [3.05, 3.63) is 33.6 Å². The third kappa shape index (κ3) is 3.64. The van der Waals surface area contributed by atoms with Crippen molar-refractivity contribution in [2.45, 2.75) is 19.8 Å². The zero-order valence-electron chi connectivity index (χ0n) is 9.48. The third-order valence-corrected chi connectivity index (χ3v) is 3.50. The van der Waals surface area contributed by atoms with E-state index in [-0.39, 0.29) is 0 Å². The summed E-state index contributed by atoms with van der Waals surface area (Å²) in [6, 6.07) is 0. The number of aromatic nitrogens is 3. The van der Waals surface area contributed by atoms with Crippen molar-refractivity contribution < 1.29 is 0 Å². The number of aryl methyl sites for hydroxylation is 2. The number of nitrogens with one attached hydrogen (secondary N) is 1. The molecule has 0 aliphatic heterocycles. The van der Waals surface area contributed by atoms with Gasteiger partial charge in [-0.25, -0.2) is 15.0 Å². The summed E-state index contributed by atoms with van der Waals surface area (Å²) in [4.78, 5) is 12.3. The molecule has 2 rings (SSSR count). The fraction of sp³-hybridized carbons (Fsp3) is 0.364. The van der Waals surface area contributed by atoms with Gasteiger partial charge in [-0.05, 0) is 13.3 Å². The van der Waals surface area contributed by atoms with E-state index in [2.05, 4.69) is 25.6 Å². The standard InChI is InChI=1S/C11H13ClN4S/c1-8-6-17-10(16-8)3-2-4-14-11-9(12)5-13-7-15-11/h5-7H,2-4H2,1H3,(H,13,14,15). The van der Waals surface area contributed by atoms with Gasteiger partial charge in [0.2, 0.25) is 0 Å². The molecule has 0 bridgehead atoms. The number of halogens is 1. The van der Waals surface area contributed by atoms with Crippen LogP contribution in [-0.4, -0.2) is 21.5 Å². The Morgan fingerprint density at radius 3 is 3.06 bits per heavy atom. The highest BCUT2D eigenvalue weighted by Crippen LogP contribution is 2.16. The molecular formula is C11H13ClN4S. The van der Waals surface area contributed by atoms with Gasteiger partial charge in [0.1, 0.15) is 17.2 Å². The maximum atomic E-state index is 5.93. The van der Waals surface area contributed by atoms with Gasteiger partial charge in [-0.3, -0.25) is 0 Å². The molecule has 2 aromatic rings. The Morgan fingerprint density at radius 2 is 2.35 bits per heavy atom. The first-order chi connectivity index (χ1) is 8.25. The van der Waals surface area contributed by atoms with Gasteiger partial charge >= 0.3 is 0 Å². The van der Waals surface area contributed by atoms with E-state index in [9.17, 15) is 0 Å². The third-order valence-electron chi connectivity index (χ3n) is 2.19. The molecule has 2 heterocycles. The van der Waals surface area contributed by atoms with Crippen LogP contribution in [0, 0.1) is 6.92 Å². The van der Waals surface area contributed by atoms with Crippen molar-refractivity contribution in [3.63, 3.8) is 0 Å². The van der Waals surface area contributed by atoms with E-state index in [1.54, 1.807) is 17.5 Å². The van der Waals surface area contributed by atoms with Crippen LogP contribution >= 0.6 is 22.9 Å². The van der Waals surface area contributed by atoms with Crippen LogP contribution in [0.3, 0.4) is 0 Å². The topological polar surface area (TPSA) is 50.7 Å². The molecule has 0 aliphatic rings. The Bertz CT molecular complexity index is 486. The fourth-order valence-corrected chi connectivity index (χ4v) is 2.40. The summed E-state index contributed by atoms with van der Waals surface area (Å²) in [7, 11) is 0. The monoisotopic (exact) mass is 268 g/mol. The number of nitrogens with zero attached hydrogens (tertiary/aromatic N) is 3. The summed E-state index contributed by atoms with van der Waals surface area (Å²) in [6.07, 6.45) is 5.06. The Hall–Kier alpha value is -1.20. The lowest BCUT2D eigenvalue weighted by molar-refractivity contribution is 0.847. The first-order valence-electron chi connectivity index (χ1n) is 5.36. The molecule has 0 saturated carbocycles. The van der Waals surface area contributed by atoms with Crippen molar-refractivity contribution in [2.75, 3.05) is 11.9 Å². The van der Waals surface area contributed by atoms with Crippen LogP contribution in [0.1, 0.15) is 17.1 Å². The Labute approximate surface area is 109 Å². The van der Waals surface area contributed by atoms with Gasteiger partial charge < -0.3 is 5.32 Å². The lowest BCUT2D eigenvalue weighted by atomic mass is 10.3. The van der Waals surface area contributed by atoms with E-state index in [0.717, 1.165) is 25.1 Å². The second kappa shape index (κ2) is 5.93. The van der Waals surface area contributed by atoms with Gasteiger partial charge in [-0.1, -0.05) is 11.6 Å². The van der Waals surface area contributed by atoms with E-state index in [1.165, 1.54) is 11.3 Å². The van der Waals surface area contributed by atoms with E-state index in [1.807, 2.05) is 6.92 Å². The van der Waals surface area contributed by atoms with Gasteiger partial charge in [0.15, 0.2) is 0 Å². The van der Waals surface area contributed by atoms with Gasteiger partial charge in [-0.2, -0.15) is 0 Å². The average Bonchev–Trinajstić information content (AvgIpc) is 2.73. The molecule has 6 heteroatoms. The highest BCUT2D eigenvalue weighted by atomic mass is 35.5. The molecule has 1 N–H and O–H groups in total. The minimum absolute atomic E-state index is 0.553. The van der Waals surface area contributed by atoms with Gasteiger partial charge in [0.25, 0.3) is 0 Å². The molecule has 0 saturated heterocycles. The number of rotatable bonds is 5. The van der Waals surface area contributed by atoms with Crippen LogP contribution in [0.5, 0.6) is 0 Å². The molecule has 0 amide bonds. The maximum absolute atomic E-state index is 5.93. The molecule has 0 aliphatic carbocycles. The Morgan fingerprint density at radius 1 is 1.47 bits per heavy atom. The second-order valence-corrected chi connectivity index (χ2v) is 4.98. The maximum Gasteiger partial charge on any atom is 0.148 e. The van der Waals surface area contributed by atoms with Crippen LogP contribution in [0.15, 0.2) is 17.9 Å². The van der Waals surface area contributed by atoms with E-state index < -0.39 is 0 Å². The fourth-order valence-electron chi connectivity index (χ4n) is 1.41. The largest absolute Gasteiger partial charge is 0.369 e. The number of thiazole rings is 1. The van der Waals surface area contributed by atoms with Crippen LogP contribution < -0.4 is 5.32 Å². The van der Waals surface area contributed by atoms with Crippen LogP contribution in [0.2, 0.25) is 5.02 Å². The minimum Gasteiger partial charge on any atom is -0.369 e. The lowest BCUT2D eigenvalue weighted by Crippen LogP contribution is -2.05. The molecule has 4 nitrogen and oxygen atoms in total. The normalized spacial score (nSPS) is 10.5. The Balaban J connectivity index is 1.75. The summed E-state index contributed by atoms with van der Waals surface area (Å²) in [5, 5.41) is 6.99. The van der Waals surface area contributed by atoms with Gasteiger partial charge in [0.05, 0.1) is 11.2 Å². The molecule has 90 valence electrons. The smallest absolute Gasteiger partial charge is 0.148 e. The van der Waals surface area contributed by atoms with Crippen LogP contribution in [-0.2, 0) is 6.42 Å². The van der Waals surface area contributed by atoms with Gasteiger partial charge in [0, 0.05) is 24.0 Å². The van der Waals surface area contributed by atoms with E-state index >= 15 is 0 Å². The molecule has 0 spiro atoms. The van der Waals surface area contributed by atoms with Crippen LogP contribution in [0.4, 0.5) is 5.82 Å². The molecule has 0 radical (unpaired) electrons. The summed E-state index contributed by atoms with van der Waals surface area (Å²) in [5.41, 5.74) is 1.09. The molecule has 0 aromatic carbocycles. The molecular weight excluding hydrogens is 256 g/mol. The summed E-state index contributed by atoms with van der Waals surface area (Å²) < 4.78 is 0. The predicted octanol–water partition coefficient (Wildman–Crippen LogP) is 2.94. The SMILES string of the molecule is Cc1csc(CCCNc2ncncc2Cl)n1. The predicted molar refractivity (Wildman–Crippen MR) is 70.7 cm³/mol. The highest BCUT2D eigenvalue weighted by molar-refractivity contribution is 7.09. The molecule has 0 fully saturated rings. The highest BCUT2D eigenvalue weighted by Gasteiger charge is 2.01. The molecule has 0 atom stereocenters. The summed E-state index contributed by atoms with van der Waals surface area (Å²) in [6.45, 7) is 2.84. The van der Waals surface area contributed by atoms with Crippen molar-refractivity contribution in [1.82, 2.24) is 15.0 Å². The van der Waals surface area contributed by atoms with Crippen molar-refractivity contribution in [3.8, 4) is 0 Å². The van der Waals surface area contributed by atoms with E-state index in [4.69, 9.17) is 11.6 Å². The molecule has 2 aromatic heterocycles. The first-order valence-corrected chi connectivity index (χ1v) is 6.62. The number of hydrogen-bond acceptors (Lipinski definition) is 5. The van der Waals surface area contributed by atoms with Gasteiger partial charge in [-0.15, -0.1) is 11.3 Å². The lowest BCUT2D eigenvalue weighted by Gasteiger charge is -2.05. The first kappa shape index (κ1) is 12.3. The number of anilines is 1. The summed E-state index contributed by atoms with van der Waals surface area (Å²) >= 11 is 7.63. The van der Waals surface area contributed by atoms with Crippen molar-refractivity contribution in [2.24, 2.45) is 0 Å². The quantitative estimate of drug-likeness (QED) is 0.847. The zero-order valence-corrected chi connectivity index (χ0v) is 11.1. The molecule has 0 unspecified atom stereocenters. The molecule has 17 heavy (non-hydrogen) atoms.